The highest BCUT2D eigenvalue weighted by Crippen LogP contribution is 2.07. The zero-order valence-electron chi connectivity index (χ0n) is 25.0. The molecule has 0 aromatic rings. The number of rotatable bonds is 29. The van der Waals surface area contributed by atoms with E-state index in [-0.39, 0.29) is 6.10 Å². The summed E-state index contributed by atoms with van der Waals surface area (Å²) in [6.07, 6.45) is 16.4. The molecule has 0 rings (SSSR count). The normalized spacial score (nSPS) is 11.1. The van der Waals surface area contributed by atoms with E-state index in [9.17, 15) is 0 Å². The van der Waals surface area contributed by atoms with Gasteiger partial charge >= 0.3 is 0 Å². The van der Waals surface area contributed by atoms with Crippen LogP contribution in [0.25, 0.3) is 0 Å². The molecule has 0 aliphatic heterocycles. The van der Waals surface area contributed by atoms with Gasteiger partial charge in [-0.3, -0.25) is 0 Å². The van der Waals surface area contributed by atoms with Gasteiger partial charge in [0.05, 0.1) is 33.0 Å². The van der Waals surface area contributed by atoms with Crippen LogP contribution in [0.3, 0.4) is 0 Å². The molecule has 0 fully saturated rings. The second kappa shape index (κ2) is 30.5. The van der Waals surface area contributed by atoms with Gasteiger partial charge in [-0.25, -0.2) is 0 Å². The predicted octanol–water partition coefficient (Wildman–Crippen LogP) is 8.35. The predicted molar refractivity (Wildman–Crippen MR) is 173 cm³/mol. The van der Waals surface area contributed by atoms with Crippen molar-refractivity contribution in [1.29, 1.82) is 0 Å². The lowest BCUT2D eigenvalue weighted by Crippen LogP contribution is -2.29. The van der Waals surface area contributed by atoms with Crippen LogP contribution < -0.4 is 0 Å². The van der Waals surface area contributed by atoms with Gasteiger partial charge < -0.3 is 28.4 Å². The minimum atomic E-state index is -0.228. The minimum absolute atomic E-state index is 0.228. The van der Waals surface area contributed by atoms with E-state index in [0.29, 0.717) is 68.0 Å². The summed E-state index contributed by atoms with van der Waals surface area (Å²) in [5.74, 6) is 0. The molecule has 0 N–H and O–H groups in total. The van der Waals surface area contributed by atoms with Crippen LogP contribution in [0, 0.1) is 0 Å². The smallest absolute Gasteiger partial charge is 0.159 e. The van der Waals surface area contributed by atoms with Gasteiger partial charge in [-0.05, 0) is 55.9 Å². The SMILES string of the molecule is CCCCCCC(=S)OCCOCC(COCCOC(=S)CCCCCC)OCCOC(=S)CCCCCC. The van der Waals surface area contributed by atoms with E-state index in [0.717, 1.165) is 38.5 Å². The second-order valence-corrected chi connectivity index (χ2v) is 11.1. The van der Waals surface area contributed by atoms with Gasteiger partial charge in [-0.2, -0.15) is 0 Å². The Bertz CT molecular complexity index is 557. The molecule has 0 aromatic carbocycles. The quantitative estimate of drug-likeness (QED) is 0.0616. The lowest BCUT2D eigenvalue weighted by molar-refractivity contribution is -0.0715. The average molecular weight is 609 g/mol. The number of thiocarbonyl (C=S) groups is 3. The molecule has 39 heavy (non-hydrogen) atoms. The van der Waals surface area contributed by atoms with Crippen LogP contribution in [0.4, 0.5) is 0 Å². The van der Waals surface area contributed by atoms with Crippen LogP contribution in [0.15, 0.2) is 0 Å². The summed E-state index contributed by atoms with van der Waals surface area (Å²) in [4.78, 5) is 0. The first-order valence-corrected chi connectivity index (χ1v) is 16.5. The molecule has 0 aliphatic carbocycles. The Morgan fingerprint density at radius 3 is 1.18 bits per heavy atom. The summed E-state index contributed by atoms with van der Waals surface area (Å²) in [6.45, 7) is 10.0. The highest BCUT2D eigenvalue weighted by molar-refractivity contribution is 7.80. The van der Waals surface area contributed by atoms with E-state index in [1.54, 1.807) is 0 Å². The van der Waals surface area contributed by atoms with Crippen molar-refractivity contribution in [1.82, 2.24) is 0 Å². The van der Waals surface area contributed by atoms with Gasteiger partial charge in [0.2, 0.25) is 0 Å². The maximum absolute atomic E-state index is 5.98. The highest BCUT2D eigenvalue weighted by atomic mass is 32.1. The van der Waals surface area contributed by atoms with Crippen LogP contribution in [0.1, 0.15) is 117 Å². The third kappa shape index (κ3) is 28.9. The largest absolute Gasteiger partial charge is 0.485 e. The van der Waals surface area contributed by atoms with Crippen molar-refractivity contribution >= 4 is 51.8 Å². The monoisotopic (exact) mass is 608 g/mol. The summed E-state index contributed by atoms with van der Waals surface area (Å²) in [7, 11) is 0. The van der Waals surface area contributed by atoms with Crippen molar-refractivity contribution in [2.75, 3.05) is 52.9 Å². The summed E-state index contributed by atoms with van der Waals surface area (Å²) in [5, 5.41) is 1.98. The summed E-state index contributed by atoms with van der Waals surface area (Å²) in [6, 6.07) is 0. The van der Waals surface area contributed by atoms with Crippen molar-refractivity contribution in [3.63, 3.8) is 0 Å². The first-order valence-electron chi connectivity index (χ1n) is 15.3. The fraction of sp³-hybridized carbons (Fsp3) is 0.900. The number of hydrogen-bond acceptors (Lipinski definition) is 9. The molecule has 6 nitrogen and oxygen atoms in total. The van der Waals surface area contributed by atoms with Crippen molar-refractivity contribution in [2.45, 2.75) is 123 Å². The maximum atomic E-state index is 5.98. The maximum Gasteiger partial charge on any atom is 0.159 e. The number of hydrogen-bond donors (Lipinski definition) is 0. The van der Waals surface area contributed by atoms with E-state index in [1.807, 2.05) is 0 Å². The summed E-state index contributed by atoms with van der Waals surface area (Å²) < 4.78 is 34.5. The first kappa shape index (κ1) is 38.5. The van der Waals surface area contributed by atoms with E-state index in [4.69, 9.17) is 65.1 Å². The Kier molecular flexibility index (Phi) is 30.2. The molecule has 0 aliphatic rings. The van der Waals surface area contributed by atoms with Gasteiger partial charge in [0, 0.05) is 19.3 Å². The molecule has 0 aromatic heterocycles. The first-order chi connectivity index (χ1) is 19.0. The lowest BCUT2D eigenvalue weighted by Gasteiger charge is -2.19. The second-order valence-electron chi connectivity index (χ2n) is 9.74. The zero-order valence-corrected chi connectivity index (χ0v) is 27.5. The molecule has 0 spiro atoms. The number of unbranched alkanes of at least 4 members (excludes halogenated alkanes) is 9. The third-order valence-electron chi connectivity index (χ3n) is 5.99. The molecule has 230 valence electrons. The van der Waals surface area contributed by atoms with Crippen LogP contribution in [-0.4, -0.2) is 74.1 Å². The minimum Gasteiger partial charge on any atom is -0.485 e. The van der Waals surface area contributed by atoms with Gasteiger partial charge in [-0.1, -0.05) is 78.6 Å². The van der Waals surface area contributed by atoms with Gasteiger partial charge in [0.15, 0.2) is 15.2 Å². The van der Waals surface area contributed by atoms with Crippen molar-refractivity contribution < 1.29 is 28.4 Å². The molecule has 0 atom stereocenters. The number of ether oxygens (including phenoxy) is 6. The molecule has 0 saturated carbocycles. The van der Waals surface area contributed by atoms with Gasteiger partial charge in [-0.15, -0.1) is 0 Å². The highest BCUT2D eigenvalue weighted by Gasteiger charge is 2.11. The Balaban J connectivity index is 4.20. The van der Waals surface area contributed by atoms with E-state index < -0.39 is 0 Å². The summed E-state index contributed by atoms with van der Waals surface area (Å²) >= 11 is 15.9. The molecular formula is C30H56O6S3. The standard InChI is InChI=1S/C30H56O6S3/c1-4-7-10-13-16-28(37)34-21-19-31-25-27(33-23-24-36-30(39)18-15-12-9-6-3)26-32-20-22-35-29(38)17-14-11-8-5-2/h27H,4-26H2,1-3H3. The van der Waals surface area contributed by atoms with E-state index >= 15 is 0 Å². The van der Waals surface area contributed by atoms with Crippen molar-refractivity contribution in [3.8, 4) is 0 Å². The molecule has 0 heterocycles. The fourth-order valence-electron chi connectivity index (χ4n) is 3.68. The van der Waals surface area contributed by atoms with Crippen molar-refractivity contribution in [3.05, 3.63) is 0 Å². The topological polar surface area (TPSA) is 55.4 Å². The molecule has 0 bridgehead atoms. The summed E-state index contributed by atoms with van der Waals surface area (Å²) in [5.41, 5.74) is 0. The molecule has 0 unspecified atom stereocenters. The molecule has 9 heteroatoms. The van der Waals surface area contributed by atoms with Gasteiger partial charge in [0.1, 0.15) is 25.9 Å². The van der Waals surface area contributed by atoms with E-state index in [1.165, 1.54) is 57.8 Å². The fourth-order valence-corrected chi connectivity index (χ4v) is 4.36. The third-order valence-corrected chi connectivity index (χ3v) is 6.96. The van der Waals surface area contributed by atoms with Crippen LogP contribution in [0.5, 0.6) is 0 Å². The van der Waals surface area contributed by atoms with Crippen molar-refractivity contribution in [2.24, 2.45) is 0 Å². The average Bonchev–Trinajstić information content (AvgIpc) is 2.93. The Hall–Kier alpha value is -0.450. The Labute approximate surface area is 255 Å². The molecular weight excluding hydrogens is 553 g/mol. The van der Waals surface area contributed by atoms with Crippen LogP contribution in [-0.2, 0) is 28.4 Å². The molecule has 0 saturated heterocycles. The molecule has 0 amide bonds. The van der Waals surface area contributed by atoms with E-state index in [2.05, 4.69) is 20.8 Å². The molecule has 0 radical (unpaired) electrons. The van der Waals surface area contributed by atoms with Crippen LogP contribution >= 0.6 is 36.7 Å². The Morgan fingerprint density at radius 1 is 0.462 bits per heavy atom. The zero-order chi connectivity index (χ0) is 28.8. The lowest BCUT2D eigenvalue weighted by atomic mass is 10.2. The van der Waals surface area contributed by atoms with Crippen LogP contribution in [0.2, 0.25) is 0 Å². The van der Waals surface area contributed by atoms with Gasteiger partial charge in [0.25, 0.3) is 0 Å². The Morgan fingerprint density at radius 2 is 0.821 bits per heavy atom.